The molecular weight excluding hydrogens is 207 g/mol. The molecule has 88 valence electrons. The van der Waals surface area contributed by atoms with Crippen molar-refractivity contribution in [2.24, 2.45) is 5.92 Å². The molecule has 2 unspecified atom stereocenters. The molecule has 1 N–H and O–H groups in total. The van der Waals surface area contributed by atoms with E-state index in [0.29, 0.717) is 17.7 Å². The highest BCUT2D eigenvalue weighted by molar-refractivity contribution is 5.38. The van der Waals surface area contributed by atoms with Gasteiger partial charge in [0.25, 0.3) is 0 Å². The molecule has 2 atom stereocenters. The highest BCUT2D eigenvalue weighted by Crippen LogP contribution is 2.42. The van der Waals surface area contributed by atoms with Crippen molar-refractivity contribution in [3.63, 3.8) is 0 Å². The quantitative estimate of drug-likeness (QED) is 0.794. The summed E-state index contributed by atoms with van der Waals surface area (Å²) in [7, 11) is 0. The van der Waals surface area contributed by atoms with E-state index in [1.807, 2.05) is 20.8 Å². The fourth-order valence-corrected chi connectivity index (χ4v) is 2.01. The summed E-state index contributed by atoms with van der Waals surface area (Å²) >= 11 is 0. The van der Waals surface area contributed by atoms with Gasteiger partial charge in [0.05, 0.1) is 6.10 Å². The molecule has 2 rings (SSSR count). The summed E-state index contributed by atoms with van der Waals surface area (Å²) in [6, 6.07) is 4.29. The average molecular weight is 224 g/mol. The summed E-state index contributed by atoms with van der Waals surface area (Å²) in [5, 5.41) is 10.0. The fraction of sp³-hybridized carbons (Fsp3) is 0.538. The maximum Gasteiger partial charge on any atom is 0.128 e. The predicted molar refractivity (Wildman–Crippen MR) is 59.8 cm³/mol. The number of aliphatic hydroxyl groups is 1. The van der Waals surface area contributed by atoms with Crippen LogP contribution in [0, 0.1) is 11.7 Å². The smallest absolute Gasteiger partial charge is 0.128 e. The zero-order valence-electron chi connectivity index (χ0n) is 9.83. The van der Waals surface area contributed by atoms with Crippen molar-refractivity contribution >= 4 is 0 Å². The van der Waals surface area contributed by atoms with E-state index >= 15 is 0 Å². The van der Waals surface area contributed by atoms with Gasteiger partial charge < -0.3 is 9.84 Å². The van der Waals surface area contributed by atoms with Gasteiger partial charge in [-0.2, -0.15) is 0 Å². The maximum atomic E-state index is 13.1. The standard InChI is InChI=1S/C13H17FO2/c1-8(2)13(3)7-11(15)10-5-4-9(14)6-12(10)16-13/h4-6,8,11,15H,7H2,1-3H3. The van der Waals surface area contributed by atoms with Gasteiger partial charge in [-0.3, -0.25) is 0 Å². The molecule has 0 bridgehead atoms. The first-order valence-electron chi connectivity index (χ1n) is 5.59. The van der Waals surface area contributed by atoms with E-state index in [2.05, 4.69) is 0 Å². The second-order valence-electron chi connectivity index (χ2n) is 4.97. The van der Waals surface area contributed by atoms with Crippen molar-refractivity contribution < 1.29 is 14.2 Å². The van der Waals surface area contributed by atoms with E-state index in [-0.39, 0.29) is 11.7 Å². The van der Waals surface area contributed by atoms with Crippen molar-refractivity contribution in [3.8, 4) is 5.75 Å². The first-order valence-corrected chi connectivity index (χ1v) is 5.59. The molecule has 0 fully saturated rings. The zero-order valence-corrected chi connectivity index (χ0v) is 9.83. The number of benzene rings is 1. The predicted octanol–water partition coefficient (Wildman–Crippen LogP) is 3.06. The molecule has 3 heteroatoms. The molecule has 0 amide bonds. The van der Waals surface area contributed by atoms with E-state index in [1.165, 1.54) is 12.1 Å². The van der Waals surface area contributed by atoms with Gasteiger partial charge in [0.15, 0.2) is 0 Å². The van der Waals surface area contributed by atoms with Gasteiger partial charge in [-0.25, -0.2) is 4.39 Å². The van der Waals surface area contributed by atoms with Gasteiger partial charge in [-0.1, -0.05) is 13.8 Å². The minimum atomic E-state index is -0.572. The lowest BCUT2D eigenvalue weighted by Gasteiger charge is -2.41. The molecule has 1 aromatic rings. The number of aliphatic hydroxyl groups excluding tert-OH is 1. The molecule has 0 aromatic heterocycles. The normalized spacial score (nSPS) is 28.8. The van der Waals surface area contributed by atoms with Gasteiger partial charge in [0.1, 0.15) is 17.2 Å². The van der Waals surface area contributed by atoms with Crippen LogP contribution >= 0.6 is 0 Å². The highest BCUT2D eigenvalue weighted by Gasteiger charge is 2.39. The molecule has 1 heterocycles. The maximum absolute atomic E-state index is 13.1. The number of halogens is 1. The van der Waals surface area contributed by atoms with E-state index in [4.69, 9.17) is 4.74 Å². The van der Waals surface area contributed by atoms with Crippen LogP contribution in [0.3, 0.4) is 0 Å². The van der Waals surface area contributed by atoms with Crippen LogP contribution in [0.15, 0.2) is 18.2 Å². The second-order valence-corrected chi connectivity index (χ2v) is 4.97. The second kappa shape index (κ2) is 3.74. The van der Waals surface area contributed by atoms with Crippen LogP contribution in [0.5, 0.6) is 5.75 Å². The van der Waals surface area contributed by atoms with E-state index in [0.717, 1.165) is 0 Å². The highest BCUT2D eigenvalue weighted by atomic mass is 19.1. The number of rotatable bonds is 1. The van der Waals surface area contributed by atoms with Crippen LogP contribution in [0.1, 0.15) is 38.9 Å². The number of hydrogen-bond donors (Lipinski definition) is 1. The van der Waals surface area contributed by atoms with Gasteiger partial charge in [0, 0.05) is 18.1 Å². The lowest BCUT2D eigenvalue weighted by molar-refractivity contribution is -0.0324. The van der Waals surface area contributed by atoms with Crippen molar-refractivity contribution in [1.29, 1.82) is 0 Å². The molecule has 0 spiro atoms. The van der Waals surface area contributed by atoms with E-state index < -0.39 is 11.7 Å². The minimum absolute atomic E-state index is 0.263. The Balaban J connectivity index is 2.42. The van der Waals surface area contributed by atoms with E-state index in [1.54, 1.807) is 6.07 Å². The molecule has 0 saturated heterocycles. The van der Waals surface area contributed by atoms with Gasteiger partial charge in [-0.05, 0) is 25.0 Å². The Bertz CT molecular complexity index is 403. The number of ether oxygens (including phenoxy) is 1. The lowest BCUT2D eigenvalue weighted by Crippen LogP contribution is -2.42. The topological polar surface area (TPSA) is 29.5 Å². The average Bonchev–Trinajstić information content (AvgIpc) is 2.16. The zero-order chi connectivity index (χ0) is 11.9. The van der Waals surface area contributed by atoms with Crippen LogP contribution in [0.25, 0.3) is 0 Å². The van der Waals surface area contributed by atoms with Crippen LogP contribution in [-0.4, -0.2) is 10.7 Å². The monoisotopic (exact) mass is 224 g/mol. The Kier molecular flexibility index (Phi) is 2.66. The summed E-state index contributed by atoms with van der Waals surface area (Å²) in [6.45, 7) is 6.03. The Morgan fingerprint density at radius 3 is 2.81 bits per heavy atom. The molecular formula is C13H17FO2. The molecule has 1 aromatic carbocycles. The van der Waals surface area contributed by atoms with Gasteiger partial charge in [0.2, 0.25) is 0 Å². The van der Waals surface area contributed by atoms with Crippen LogP contribution in [0.4, 0.5) is 4.39 Å². The molecule has 0 saturated carbocycles. The lowest BCUT2D eigenvalue weighted by atomic mass is 9.82. The first-order chi connectivity index (χ1) is 7.42. The third-order valence-electron chi connectivity index (χ3n) is 3.50. The summed E-state index contributed by atoms with van der Waals surface area (Å²) in [6.07, 6.45) is -0.0275. The molecule has 1 aliphatic heterocycles. The molecule has 2 nitrogen and oxygen atoms in total. The Labute approximate surface area is 95.1 Å². The minimum Gasteiger partial charge on any atom is -0.487 e. The Hall–Kier alpha value is -1.09. The van der Waals surface area contributed by atoms with Crippen molar-refractivity contribution in [3.05, 3.63) is 29.6 Å². The molecule has 16 heavy (non-hydrogen) atoms. The van der Waals surface area contributed by atoms with Crippen molar-refractivity contribution in [2.45, 2.75) is 38.9 Å². The first kappa shape index (κ1) is 11.4. The Morgan fingerprint density at radius 1 is 1.50 bits per heavy atom. The molecule has 0 aliphatic carbocycles. The summed E-state index contributed by atoms with van der Waals surface area (Å²) < 4.78 is 18.9. The summed E-state index contributed by atoms with van der Waals surface area (Å²) in [5.74, 6) is 0.396. The van der Waals surface area contributed by atoms with Crippen molar-refractivity contribution in [2.75, 3.05) is 0 Å². The van der Waals surface area contributed by atoms with Crippen LogP contribution in [0.2, 0.25) is 0 Å². The third kappa shape index (κ3) is 1.80. The fourth-order valence-electron chi connectivity index (χ4n) is 2.01. The largest absolute Gasteiger partial charge is 0.487 e. The summed E-state index contributed by atoms with van der Waals surface area (Å²) in [4.78, 5) is 0. The SMILES string of the molecule is CC(C)C1(C)CC(O)c2ccc(F)cc2O1. The number of hydrogen-bond acceptors (Lipinski definition) is 2. The molecule has 1 aliphatic rings. The van der Waals surface area contributed by atoms with Crippen LogP contribution in [-0.2, 0) is 0 Å². The summed E-state index contributed by atoms with van der Waals surface area (Å²) in [5.41, 5.74) is 0.250. The Morgan fingerprint density at radius 2 is 2.19 bits per heavy atom. The van der Waals surface area contributed by atoms with Crippen LogP contribution < -0.4 is 4.74 Å². The van der Waals surface area contributed by atoms with Gasteiger partial charge in [-0.15, -0.1) is 0 Å². The van der Waals surface area contributed by atoms with Crippen molar-refractivity contribution in [1.82, 2.24) is 0 Å². The number of fused-ring (bicyclic) bond motifs is 1. The third-order valence-corrected chi connectivity index (χ3v) is 3.50. The van der Waals surface area contributed by atoms with E-state index in [9.17, 15) is 9.50 Å². The van der Waals surface area contributed by atoms with Gasteiger partial charge >= 0.3 is 0 Å². The molecule has 0 radical (unpaired) electrons.